The Morgan fingerprint density at radius 3 is 0.781 bits per heavy atom. The van der Waals surface area contributed by atoms with Gasteiger partial charge in [-0.25, -0.2) is 0 Å². The van der Waals surface area contributed by atoms with Gasteiger partial charge in [0.15, 0.2) is 0 Å². The Labute approximate surface area is 432 Å². The molecule has 2 aliphatic heterocycles. The molecule has 2 heterocycles. The average Bonchev–Trinajstić information content (AvgIpc) is 4.37. The first-order valence-corrected chi connectivity index (χ1v) is 25.4. The van der Waals surface area contributed by atoms with E-state index in [0.717, 1.165) is 58.8 Å². The number of ether oxygens (including phenoxy) is 10. The SMILES string of the molecule is C=CCOC(COc1ccc(C(C)(C)c2ccc(OCC(COc3ccc(C(C)(C)c4ccc(OCC5CO5)cc4)cc3)OCC=C)cc2)cc1)COc1ccc(C(C)(C)c2ccc(OCC3CO3)cc2)cc1. The van der Waals surface area contributed by atoms with E-state index in [1.54, 1.807) is 12.2 Å². The Morgan fingerprint density at radius 2 is 0.589 bits per heavy atom. The molecule has 0 amide bonds. The first kappa shape index (κ1) is 52.8. The molecule has 0 aromatic heterocycles. The lowest BCUT2D eigenvalue weighted by Crippen LogP contribution is -2.29. The maximum absolute atomic E-state index is 6.25. The van der Waals surface area contributed by atoms with Gasteiger partial charge < -0.3 is 47.4 Å². The van der Waals surface area contributed by atoms with E-state index in [1.165, 1.54) is 22.3 Å². The lowest BCUT2D eigenvalue weighted by atomic mass is 9.78. The Bertz CT molecular complexity index is 2450. The number of rotatable bonds is 30. The highest BCUT2D eigenvalue weighted by Gasteiger charge is 2.28. The standard InChI is InChI=1S/C63H72O10/c1-9-35-64-57(39-68-53-27-15-47(16-28-53)62(5,6)49-19-31-55(32-20-49)70-41-59-43-72-59)37-66-51-23-11-45(12-24-51)61(3,4)46-13-25-52(26-14-46)67-38-58(65-36-10-2)40-69-54-29-17-48(18-30-54)63(7,8)50-21-33-56(34-22-50)71-42-60-44-73-60/h9-34,57-60H,1-2,35-44H2,3-8H3. The van der Waals surface area contributed by atoms with E-state index in [2.05, 4.69) is 127 Å². The Morgan fingerprint density at radius 1 is 0.384 bits per heavy atom. The molecule has 2 aliphatic rings. The van der Waals surface area contributed by atoms with Crippen molar-refractivity contribution >= 4 is 0 Å². The van der Waals surface area contributed by atoms with Crippen LogP contribution in [0.1, 0.15) is 74.9 Å². The topological polar surface area (TPSA) is 98.9 Å². The highest BCUT2D eigenvalue weighted by atomic mass is 16.6. The quantitative estimate of drug-likeness (QED) is 0.0320. The van der Waals surface area contributed by atoms with Crippen LogP contribution in [0, 0.1) is 0 Å². The van der Waals surface area contributed by atoms with E-state index in [9.17, 15) is 0 Å². The van der Waals surface area contributed by atoms with Crippen LogP contribution in [0.15, 0.2) is 171 Å². The summed E-state index contributed by atoms with van der Waals surface area (Å²) in [7, 11) is 0. The minimum atomic E-state index is -0.311. The van der Waals surface area contributed by atoms with E-state index in [0.29, 0.717) is 52.9 Å². The van der Waals surface area contributed by atoms with Crippen LogP contribution >= 0.6 is 0 Å². The maximum Gasteiger partial charge on any atom is 0.126 e. The molecule has 0 N–H and O–H groups in total. The van der Waals surface area contributed by atoms with E-state index in [1.807, 2.05) is 72.8 Å². The van der Waals surface area contributed by atoms with Crippen molar-refractivity contribution in [2.75, 3.05) is 66.1 Å². The minimum Gasteiger partial charge on any atom is -0.491 e. The lowest BCUT2D eigenvalue weighted by Gasteiger charge is -2.27. The second-order valence-corrected chi connectivity index (χ2v) is 20.3. The maximum atomic E-state index is 6.25. The van der Waals surface area contributed by atoms with Crippen molar-refractivity contribution in [1.29, 1.82) is 0 Å². The van der Waals surface area contributed by atoms with Crippen molar-refractivity contribution in [3.05, 3.63) is 204 Å². The van der Waals surface area contributed by atoms with Gasteiger partial charge in [0.25, 0.3) is 0 Å². The molecule has 2 saturated heterocycles. The molecule has 4 unspecified atom stereocenters. The third-order valence-electron chi connectivity index (χ3n) is 13.8. The molecule has 6 aromatic rings. The Kier molecular flexibility index (Phi) is 17.7. The van der Waals surface area contributed by atoms with Crippen LogP contribution in [-0.2, 0) is 35.2 Å². The van der Waals surface area contributed by atoms with Gasteiger partial charge in [0.1, 0.15) is 98.6 Å². The van der Waals surface area contributed by atoms with Crippen molar-refractivity contribution in [2.24, 2.45) is 0 Å². The van der Waals surface area contributed by atoms with Crippen LogP contribution in [-0.4, -0.2) is 90.5 Å². The zero-order chi connectivity index (χ0) is 51.3. The summed E-state index contributed by atoms with van der Waals surface area (Å²) in [5.74, 6) is 4.73. The van der Waals surface area contributed by atoms with Gasteiger partial charge in [-0.05, 0) is 106 Å². The van der Waals surface area contributed by atoms with Crippen molar-refractivity contribution in [2.45, 2.75) is 82.2 Å². The Balaban J connectivity index is 0.788. The monoisotopic (exact) mass is 989 g/mol. The predicted molar refractivity (Wildman–Crippen MR) is 287 cm³/mol. The molecule has 0 aliphatic carbocycles. The summed E-state index contributed by atoms with van der Waals surface area (Å²) in [6.45, 7) is 25.8. The smallest absolute Gasteiger partial charge is 0.126 e. The number of hydrogen-bond donors (Lipinski definition) is 0. The molecular formula is C63H72O10. The van der Waals surface area contributed by atoms with Gasteiger partial charge in [-0.1, -0.05) is 126 Å². The fourth-order valence-corrected chi connectivity index (χ4v) is 8.47. The molecule has 0 radical (unpaired) electrons. The van der Waals surface area contributed by atoms with Gasteiger partial charge in [0.2, 0.25) is 0 Å². The largest absolute Gasteiger partial charge is 0.491 e. The van der Waals surface area contributed by atoms with Crippen LogP contribution in [0.2, 0.25) is 0 Å². The average molecular weight is 989 g/mol. The number of epoxide rings is 2. The Hall–Kier alpha value is -6.56. The summed E-state index contributed by atoms with van der Waals surface area (Å²) in [5.41, 5.74) is 6.37. The normalized spacial score (nSPS) is 16.1. The van der Waals surface area contributed by atoms with Crippen LogP contribution in [0.4, 0.5) is 0 Å². The van der Waals surface area contributed by atoms with Gasteiger partial charge in [0, 0.05) is 16.2 Å². The minimum absolute atomic E-state index is 0.208. The molecule has 8 rings (SSSR count). The summed E-state index contributed by atoms with van der Waals surface area (Å²) in [6.07, 6.45) is 3.31. The third-order valence-corrected chi connectivity index (χ3v) is 13.8. The van der Waals surface area contributed by atoms with Crippen molar-refractivity contribution in [1.82, 2.24) is 0 Å². The zero-order valence-corrected chi connectivity index (χ0v) is 43.4. The highest BCUT2D eigenvalue weighted by Crippen LogP contribution is 2.37. The molecular weight excluding hydrogens is 917 g/mol. The molecule has 384 valence electrons. The van der Waals surface area contributed by atoms with Gasteiger partial charge in [-0.3, -0.25) is 0 Å². The molecule has 73 heavy (non-hydrogen) atoms. The van der Waals surface area contributed by atoms with Crippen molar-refractivity contribution in [3.8, 4) is 34.5 Å². The lowest BCUT2D eigenvalue weighted by molar-refractivity contribution is 0.00606. The molecule has 10 nitrogen and oxygen atoms in total. The second-order valence-electron chi connectivity index (χ2n) is 20.3. The number of benzene rings is 6. The van der Waals surface area contributed by atoms with Crippen LogP contribution in [0.3, 0.4) is 0 Å². The summed E-state index contributed by atoms with van der Waals surface area (Å²) >= 11 is 0. The molecule has 0 bridgehead atoms. The predicted octanol–water partition coefficient (Wildman–Crippen LogP) is 12.3. The first-order valence-electron chi connectivity index (χ1n) is 25.4. The number of hydrogen-bond acceptors (Lipinski definition) is 10. The highest BCUT2D eigenvalue weighted by molar-refractivity contribution is 5.45. The molecule has 10 heteroatoms. The summed E-state index contributed by atoms with van der Waals surface area (Å²) < 4.78 is 59.3. The van der Waals surface area contributed by atoms with E-state index in [-0.39, 0.29) is 40.7 Å². The van der Waals surface area contributed by atoms with Crippen molar-refractivity contribution < 1.29 is 47.4 Å². The van der Waals surface area contributed by atoms with Gasteiger partial charge in [0.05, 0.1) is 26.4 Å². The second kappa shape index (κ2) is 24.4. The fraction of sp³-hybridized carbons (Fsp3) is 0.365. The molecule has 4 atom stereocenters. The summed E-state index contributed by atoms with van der Waals surface area (Å²) in [4.78, 5) is 0. The fourth-order valence-electron chi connectivity index (χ4n) is 8.47. The van der Waals surface area contributed by atoms with E-state index < -0.39 is 0 Å². The zero-order valence-electron chi connectivity index (χ0n) is 43.4. The molecule has 0 saturated carbocycles. The first-order chi connectivity index (χ1) is 35.3. The van der Waals surface area contributed by atoms with Gasteiger partial charge in [-0.15, -0.1) is 13.2 Å². The van der Waals surface area contributed by atoms with Gasteiger partial charge in [-0.2, -0.15) is 0 Å². The summed E-state index contributed by atoms with van der Waals surface area (Å²) in [5, 5.41) is 0. The van der Waals surface area contributed by atoms with Crippen LogP contribution in [0.5, 0.6) is 34.5 Å². The van der Waals surface area contributed by atoms with E-state index >= 15 is 0 Å². The van der Waals surface area contributed by atoms with Crippen molar-refractivity contribution in [3.63, 3.8) is 0 Å². The van der Waals surface area contributed by atoms with Gasteiger partial charge >= 0.3 is 0 Å². The molecule has 2 fully saturated rings. The van der Waals surface area contributed by atoms with Crippen LogP contribution in [0.25, 0.3) is 0 Å². The molecule has 0 spiro atoms. The molecule has 6 aromatic carbocycles. The van der Waals surface area contributed by atoms with E-state index in [4.69, 9.17) is 47.4 Å². The third kappa shape index (κ3) is 14.8. The summed E-state index contributed by atoms with van der Waals surface area (Å²) in [6, 6.07) is 49.6. The van der Waals surface area contributed by atoms with Crippen LogP contribution < -0.4 is 28.4 Å².